The van der Waals surface area contributed by atoms with Gasteiger partial charge in [-0.15, -0.1) is 0 Å². The van der Waals surface area contributed by atoms with E-state index >= 15 is 0 Å². The van der Waals surface area contributed by atoms with Gasteiger partial charge in [-0.05, 0) is 55.9 Å². The van der Waals surface area contributed by atoms with Crippen molar-refractivity contribution in [2.45, 2.75) is 39.0 Å². The number of anilines is 2. The van der Waals surface area contributed by atoms with E-state index < -0.39 is 5.97 Å². The van der Waals surface area contributed by atoms with Crippen molar-refractivity contribution < 1.29 is 23.9 Å². The van der Waals surface area contributed by atoms with Crippen molar-refractivity contribution in [2.75, 3.05) is 69.3 Å². The number of piperidine rings is 1. The Morgan fingerprint density at radius 1 is 0.975 bits per heavy atom. The van der Waals surface area contributed by atoms with Gasteiger partial charge in [0.2, 0.25) is 5.91 Å². The number of nitrogens with zero attached hydrogens (tertiary/aromatic N) is 2. The first-order valence-corrected chi connectivity index (χ1v) is 14.5. The standard InChI is InChI=1S/C31H42N4O5/c1-2-40-30(37)11-10-29(36)33-26-8-9-28(27(23-26)31(38)32-14-17-34-18-20-39-21-19-34)35-15-12-25(13-16-35)22-24-6-4-3-5-7-24/h3-9,23,25H,2,10-22H2,1H3,(H,32,38)(H,33,36). The highest BCUT2D eigenvalue weighted by Crippen LogP contribution is 2.30. The van der Waals surface area contributed by atoms with Crippen LogP contribution in [-0.4, -0.2) is 81.8 Å². The van der Waals surface area contributed by atoms with E-state index in [1.807, 2.05) is 18.2 Å². The fourth-order valence-electron chi connectivity index (χ4n) is 5.32. The molecule has 2 amide bonds. The minimum Gasteiger partial charge on any atom is -0.466 e. The molecule has 2 aliphatic rings. The van der Waals surface area contributed by atoms with Gasteiger partial charge in [-0.1, -0.05) is 30.3 Å². The van der Waals surface area contributed by atoms with Crippen LogP contribution in [0.15, 0.2) is 48.5 Å². The first-order chi connectivity index (χ1) is 19.5. The van der Waals surface area contributed by atoms with Crippen LogP contribution in [0.2, 0.25) is 0 Å². The second kappa shape index (κ2) is 15.4. The number of esters is 1. The van der Waals surface area contributed by atoms with Gasteiger partial charge in [-0.2, -0.15) is 0 Å². The van der Waals surface area contributed by atoms with Gasteiger partial charge >= 0.3 is 5.97 Å². The fourth-order valence-corrected chi connectivity index (χ4v) is 5.32. The van der Waals surface area contributed by atoms with Gasteiger partial charge in [0.1, 0.15) is 0 Å². The van der Waals surface area contributed by atoms with E-state index in [9.17, 15) is 14.4 Å². The summed E-state index contributed by atoms with van der Waals surface area (Å²) in [6.07, 6.45) is 3.22. The lowest BCUT2D eigenvalue weighted by molar-refractivity contribution is -0.144. The second-order valence-electron chi connectivity index (χ2n) is 10.4. The van der Waals surface area contributed by atoms with E-state index in [4.69, 9.17) is 9.47 Å². The van der Waals surface area contributed by atoms with Crippen molar-refractivity contribution in [3.05, 3.63) is 59.7 Å². The Bertz CT molecular complexity index is 1110. The monoisotopic (exact) mass is 550 g/mol. The molecule has 2 saturated heterocycles. The van der Waals surface area contributed by atoms with E-state index in [2.05, 4.69) is 44.7 Å². The molecule has 2 fully saturated rings. The Hall–Kier alpha value is -3.43. The SMILES string of the molecule is CCOC(=O)CCC(=O)Nc1ccc(N2CCC(Cc3ccccc3)CC2)c(C(=O)NCCN2CCOCC2)c1. The summed E-state index contributed by atoms with van der Waals surface area (Å²) in [7, 11) is 0. The lowest BCUT2D eigenvalue weighted by Gasteiger charge is -2.35. The van der Waals surface area contributed by atoms with Crippen LogP contribution >= 0.6 is 0 Å². The van der Waals surface area contributed by atoms with Crippen LogP contribution in [0.1, 0.15) is 48.5 Å². The van der Waals surface area contributed by atoms with E-state index in [-0.39, 0.29) is 31.3 Å². The highest BCUT2D eigenvalue weighted by molar-refractivity contribution is 6.02. The van der Waals surface area contributed by atoms with Gasteiger partial charge in [0.25, 0.3) is 5.91 Å². The lowest BCUT2D eigenvalue weighted by Crippen LogP contribution is -2.41. The number of carbonyl (C=O) groups excluding carboxylic acids is 3. The number of hydrogen-bond acceptors (Lipinski definition) is 7. The molecule has 0 saturated carbocycles. The first kappa shape index (κ1) is 29.6. The fraction of sp³-hybridized carbons (Fsp3) is 0.516. The van der Waals surface area contributed by atoms with Crippen LogP contribution in [0.5, 0.6) is 0 Å². The molecule has 2 N–H and O–H groups in total. The topological polar surface area (TPSA) is 100 Å². The molecule has 0 radical (unpaired) electrons. The molecule has 2 aromatic rings. The molecular formula is C31H42N4O5. The first-order valence-electron chi connectivity index (χ1n) is 14.5. The van der Waals surface area contributed by atoms with Crippen molar-refractivity contribution in [1.29, 1.82) is 0 Å². The summed E-state index contributed by atoms with van der Waals surface area (Å²) < 4.78 is 10.3. The molecule has 2 aromatic carbocycles. The normalized spacial score (nSPS) is 16.4. The predicted octanol–water partition coefficient (Wildman–Crippen LogP) is 3.49. The average Bonchev–Trinajstić information content (AvgIpc) is 2.98. The number of benzene rings is 2. The maximum absolute atomic E-state index is 13.4. The van der Waals surface area contributed by atoms with Crippen molar-refractivity contribution in [3.63, 3.8) is 0 Å². The van der Waals surface area contributed by atoms with Gasteiger partial charge < -0.3 is 25.0 Å². The third-order valence-electron chi connectivity index (χ3n) is 7.53. The van der Waals surface area contributed by atoms with Crippen LogP contribution in [-0.2, 0) is 25.5 Å². The largest absolute Gasteiger partial charge is 0.466 e. The zero-order valence-electron chi connectivity index (χ0n) is 23.5. The molecule has 4 rings (SSSR count). The highest BCUT2D eigenvalue weighted by Gasteiger charge is 2.24. The third-order valence-corrected chi connectivity index (χ3v) is 7.53. The summed E-state index contributed by atoms with van der Waals surface area (Å²) >= 11 is 0. The van der Waals surface area contributed by atoms with Gasteiger partial charge in [-0.3, -0.25) is 19.3 Å². The van der Waals surface area contributed by atoms with E-state index in [1.54, 1.807) is 13.0 Å². The van der Waals surface area contributed by atoms with Crippen LogP contribution in [0, 0.1) is 5.92 Å². The molecular weight excluding hydrogens is 508 g/mol. The van der Waals surface area contributed by atoms with Crippen LogP contribution < -0.4 is 15.5 Å². The maximum atomic E-state index is 13.4. The Morgan fingerprint density at radius 2 is 1.73 bits per heavy atom. The molecule has 2 heterocycles. The van der Waals surface area contributed by atoms with Gasteiger partial charge in [0, 0.05) is 57.1 Å². The Labute approximate surface area is 237 Å². The summed E-state index contributed by atoms with van der Waals surface area (Å²) in [6.45, 7) is 8.24. The Morgan fingerprint density at radius 3 is 2.45 bits per heavy atom. The Balaban J connectivity index is 1.40. The molecule has 0 aliphatic carbocycles. The molecule has 0 atom stereocenters. The van der Waals surface area contributed by atoms with Crippen molar-refractivity contribution in [2.24, 2.45) is 5.92 Å². The molecule has 0 aromatic heterocycles. The van der Waals surface area contributed by atoms with Gasteiger partial charge in [0.05, 0.1) is 31.8 Å². The molecule has 0 unspecified atom stereocenters. The second-order valence-corrected chi connectivity index (χ2v) is 10.4. The number of nitrogens with one attached hydrogen (secondary N) is 2. The summed E-state index contributed by atoms with van der Waals surface area (Å²) in [6, 6.07) is 16.1. The third kappa shape index (κ3) is 9.06. The van der Waals surface area contributed by atoms with Gasteiger partial charge in [0.15, 0.2) is 0 Å². The van der Waals surface area contributed by atoms with E-state index in [1.165, 1.54) is 5.56 Å². The molecule has 40 heavy (non-hydrogen) atoms. The number of hydrogen-bond donors (Lipinski definition) is 2. The van der Waals surface area contributed by atoms with Crippen molar-refractivity contribution in [3.8, 4) is 0 Å². The summed E-state index contributed by atoms with van der Waals surface area (Å²) in [5.41, 5.74) is 3.33. The number of carbonyl (C=O) groups is 3. The molecule has 2 aliphatic heterocycles. The number of morpholine rings is 1. The summed E-state index contributed by atoms with van der Waals surface area (Å²) in [5, 5.41) is 5.92. The van der Waals surface area contributed by atoms with E-state index in [0.717, 1.165) is 70.9 Å². The van der Waals surface area contributed by atoms with Crippen LogP contribution in [0.25, 0.3) is 0 Å². The van der Waals surface area contributed by atoms with E-state index in [0.29, 0.717) is 23.7 Å². The van der Waals surface area contributed by atoms with Crippen molar-refractivity contribution >= 4 is 29.2 Å². The van der Waals surface area contributed by atoms with Gasteiger partial charge in [-0.25, -0.2) is 0 Å². The molecule has 9 nitrogen and oxygen atoms in total. The quantitative estimate of drug-likeness (QED) is 0.390. The highest BCUT2D eigenvalue weighted by atomic mass is 16.5. The number of ether oxygens (including phenoxy) is 2. The lowest BCUT2D eigenvalue weighted by atomic mass is 9.89. The molecule has 0 spiro atoms. The zero-order valence-corrected chi connectivity index (χ0v) is 23.5. The van der Waals surface area contributed by atoms with Crippen LogP contribution in [0.3, 0.4) is 0 Å². The minimum atomic E-state index is -0.399. The predicted molar refractivity (Wildman–Crippen MR) is 156 cm³/mol. The maximum Gasteiger partial charge on any atom is 0.306 e. The Kier molecular flexibility index (Phi) is 11.4. The zero-order chi connectivity index (χ0) is 28.2. The minimum absolute atomic E-state index is 0.0184. The number of amides is 2. The smallest absolute Gasteiger partial charge is 0.306 e. The molecule has 216 valence electrons. The molecule has 0 bridgehead atoms. The average molecular weight is 551 g/mol. The number of rotatable bonds is 12. The summed E-state index contributed by atoms with van der Waals surface area (Å²) in [4.78, 5) is 42.1. The van der Waals surface area contributed by atoms with Crippen LogP contribution in [0.4, 0.5) is 11.4 Å². The summed E-state index contributed by atoms with van der Waals surface area (Å²) in [5.74, 6) is -0.232. The van der Waals surface area contributed by atoms with Crippen molar-refractivity contribution in [1.82, 2.24) is 10.2 Å². The molecule has 9 heteroatoms.